The van der Waals surface area contributed by atoms with Gasteiger partial charge in [-0.1, -0.05) is 6.07 Å². The summed E-state index contributed by atoms with van der Waals surface area (Å²) >= 11 is 0. The monoisotopic (exact) mass is 296 g/mol. The highest BCUT2D eigenvalue weighted by Crippen LogP contribution is 2.15. The third-order valence-corrected chi connectivity index (χ3v) is 4.27. The highest BCUT2D eigenvalue weighted by atomic mass is 32.2. The minimum atomic E-state index is -3.65. The van der Waals surface area contributed by atoms with Gasteiger partial charge < -0.3 is 5.11 Å². The second-order valence-electron chi connectivity index (χ2n) is 4.41. The first-order valence-corrected chi connectivity index (χ1v) is 7.45. The van der Waals surface area contributed by atoms with Crippen LogP contribution in [0.25, 0.3) is 0 Å². The van der Waals surface area contributed by atoms with Crippen LogP contribution in [0.5, 0.6) is 0 Å². The Kier molecular flexibility index (Phi) is 4.17. The summed E-state index contributed by atoms with van der Waals surface area (Å²) in [6.45, 7) is 1.63. The highest BCUT2D eigenvalue weighted by molar-refractivity contribution is 7.89. The fourth-order valence-corrected chi connectivity index (χ4v) is 2.72. The van der Waals surface area contributed by atoms with Gasteiger partial charge in [-0.25, -0.2) is 18.1 Å². The maximum absolute atomic E-state index is 12.1. The van der Waals surface area contributed by atoms with Gasteiger partial charge in [-0.05, 0) is 30.2 Å². The molecule has 1 aromatic heterocycles. The van der Waals surface area contributed by atoms with Crippen LogP contribution in [0.4, 0.5) is 0 Å². The minimum Gasteiger partial charge on any atom is -0.392 e. The summed E-state index contributed by atoms with van der Waals surface area (Å²) in [6, 6.07) is 4.63. The molecule has 2 aromatic rings. The van der Waals surface area contributed by atoms with Gasteiger partial charge in [-0.3, -0.25) is 4.68 Å². The molecule has 2 N–H and O–H groups in total. The minimum absolute atomic E-state index is 0.0194. The third-order valence-electron chi connectivity index (χ3n) is 2.87. The summed E-state index contributed by atoms with van der Waals surface area (Å²) in [6.07, 6.45) is 1.50. The van der Waals surface area contributed by atoms with Crippen LogP contribution in [-0.4, -0.2) is 28.3 Å². The number of nitrogens with zero attached hydrogens (tertiary/aromatic N) is 3. The van der Waals surface area contributed by atoms with Gasteiger partial charge in [-0.2, -0.15) is 5.10 Å². The van der Waals surface area contributed by atoms with Gasteiger partial charge >= 0.3 is 0 Å². The average molecular weight is 296 g/mol. The Morgan fingerprint density at radius 2 is 2.15 bits per heavy atom. The molecule has 0 saturated carbocycles. The number of hydrogen-bond acceptors (Lipinski definition) is 5. The van der Waals surface area contributed by atoms with Gasteiger partial charge in [-0.15, -0.1) is 0 Å². The Morgan fingerprint density at radius 3 is 2.75 bits per heavy atom. The van der Waals surface area contributed by atoms with Gasteiger partial charge in [0.2, 0.25) is 10.0 Å². The van der Waals surface area contributed by atoms with Gasteiger partial charge in [0.25, 0.3) is 0 Å². The van der Waals surface area contributed by atoms with Crippen LogP contribution < -0.4 is 4.72 Å². The fourth-order valence-electron chi connectivity index (χ4n) is 1.69. The zero-order valence-electron chi connectivity index (χ0n) is 11.2. The molecule has 0 unspecified atom stereocenters. The van der Waals surface area contributed by atoms with E-state index in [-0.39, 0.29) is 18.0 Å². The van der Waals surface area contributed by atoms with Crippen LogP contribution in [0, 0.1) is 6.92 Å². The quantitative estimate of drug-likeness (QED) is 0.815. The first-order valence-electron chi connectivity index (χ1n) is 5.97. The SMILES string of the molecule is Cc1ccc(S(=O)(=O)NCc2ncn(C)n2)cc1CO. The molecule has 0 saturated heterocycles. The van der Waals surface area contributed by atoms with Crippen LogP contribution in [0.1, 0.15) is 17.0 Å². The summed E-state index contributed by atoms with van der Waals surface area (Å²) in [5.74, 6) is 0.394. The molecule has 1 heterocycles. The van der Waals surface area contributed by atoms with Crippen molar-refractivity contribution >= 4 is 10.0 Å². The van der Waals surface area contributed by atoms with Gasteiger partial charge in [0.15, 0.2) is 5.82 Å². The van der Waals surface area contributed by atoms with Crippen LogP contribution in [-0.2, 0) is 30.2 Å². The molecule has 7 nitrogen and oxygen atoms in total. The average Bonchev–Trinajstić information content (AvgIpc) is 2.83. The summed E-state index contributed by atoms with van der Waals surface area (Å²) in [5.41, 5.74) is 1.43. The molecule has 0 radical (unpaired) electrons. The molecular weight excluding hydrogens is 280 g/mol. The molecule has 108 valence electrons. The lowest BCUT2D eigenvalue weighted by Gasteiger charge is -2.08. The summed E-state index contributed by atoms with van der Waals surface area (Å²) in [4.78, 5) is 4.06. The molecule has 0 aliphatic carbocycles. The second-order valence-corrected chi connectivity index (χ2v) is 6.17. The molecule has 0 aliphatic rings. The number of rotatable bonds is 5. The van der Waals surface area contributed by atoms with E-state index in [1.807, 2.05) is 6.92 Å². The zero-order valence-corrected chi connectivity index (χ0v) is 12.1. The van der Waals surface area contributed by atoms with Gasteiger partial charge in [0, 0.05) is 7.05 Å². The van der Waals surface area contributed by atoms with Crippen molar-refractivity contribution in [3.8, 4) is 0 Å². The van der Waals surface area contributed by atoms with Crippen LogP contribution >= 0.6 is 0 Å². The summed E-state index contributed by atoms with van der Waals surface area (Å²) in [7, 11) is -1.94. The van der Waals surface area contributed by atoms with Crippen molar-refractivity contribution in [2.45, 2.75) is 25.0 Å². The largest absolute Gasteiger partial charge is 0.392 e. The van der Waals surface area contributed by atoms with Crippen molar-refractivity contribution in [3.63, 3.8) is 0 Å². The van der Waals surface area contributed by atoms with Gasteiger partial charge in [0.05, 0.1) is 18.0 Å². The molecule has 0 fully saturated rings. The maximum atomic E-state index is 12.1. The van der Waals surface area contributed by atoms with E-state index in [2.05, 4.69) is 14.8 Å². The molecule has 0 bridgehead atoms. The Hall–Kier alpha value is -1.77. The number of hydrogen-bond donors (Lipinski definition) is 2. The Morgan fingerprint density at radius 1 is 1.40 bits per heavy atom. The van der Waals surface area contributed by atoms with Crippen LogP contribution in [0.2, 0.25) is 0 Å². The van der Waals surface area contributed by atoms with E-state index in [4.69, 9.17) is 0 Å². The van der Waals surface area contributed by atoms with Gasteiger partial charge in [0.1, 0.15) is 6.33 Å². The molecule has 0 spiro atoms. The number of aryl methyl sites for hydroxylation is 2. The topological polar surface area (TPSA) is 97.1 Å². The standard InChI is InChI=1S/C12H16N4O3S/c1-9-3-4-11(5-10(9)7-17)20(18,19)14-6-12-13-8-16(2)15-12/h3-5,8,14,17H,6-7H2,1-2H3. The number of benzene rings is 1. The van der Waals surface area contributed by atoms with E-state index in [0.717, 1.165) is 5.56 Å². The lowest BCUT2D eigenvalue weighted by atomic mass is 10.1. The molecule has 1 aromatic carbocycles. The predicted octanol–water partition coefficient (Wildman–Crippen LogP) is 0.0943. The molecule has 20 heavy (non-hydrogen) atoms. The molecule has 0 amide bonds. The smallest absolute Gasteiger partial charge is 0.240 e. The normalized spacial score (nSPS) is 11.8. The first kappa shape index (κ1) is 14.6. The lowest BCUT2D eigenvalue weighted by molar-refractivity contribution is 0.280. The third kappa shape index (κ3) is 3.21. The number of aliphatic hydroxyl groups is 1. The molecule has 0 aliphatic heterocycles. The summed E-state index contributed by atoms with van der Waals surface area (Å²) < 4.78 is 28.2. The Labute approximate surface area is 117 Å². The molecular formula is C12H16N4O3S. The van der Waals surface area contributed by atoms with Crippen molar-refractivity contribution in [1.82, 2.24) is 19.5 Å². The van der Waals surface area contributed by atoms with E-state index in [1.165, 1.54) is 23.1 Å². The van der Waals surface area contributed by atoms with Crippen molar-refractivity contribution in [2.75, 3.05) is 0 Å². The highest BCUT2D eigenvalue weighted by Gasteiger charge is 2.15. The predicted molar refractivity (Wildman–Crippen MR) is 72.1 cm³/mol. The van der Waals surface area contributed by atoms with E-state index >= 15 is 0 Å². The Bertz CT molecular complexity index is 709. The van der Waals surface area contributed by atoms with Crippen molar-refractivity contribution in [2.24, 2.45) is 7.05 Å². The lowest BCUT2D eigenvalue weighted by Crippen LogP contribution is -2.24. The molecule has 0 atom stereocenters. The fraction of sp³-hybridized carbons (Fsp3) is 0.333. The zero-order chi connectivity index (χ0) is 14.8. The van der Waals surface area contributed by atoms with E-state index in [0.29, 0.717) is 11.4 Å². The molecule has 8 heteroatoms. The number of aliphatic hydroxyl groups excluding tert-OH is 1. The van der Waals surface area contributed by atoms with Crippen molar-refractivity contribution in [1.29, 1.82) is 0 Å². The van der Waals surface area contributed by atoms with Crippen molar-refractivity contribution in [3.05, 3.63) is 41.5 Å². The summed E-state index contributed by atoms with van der Waals surface area (Å²) in [5, 5.41) is 13.2. The Balaban J connectivity index is 2.17. The van der Waals surface area contributed by atoms with Crippen LogP contribution in [0.15, 0.2) is 29.4 Å². The number of sulfonamides is 1. The number of aromatic nitrogens is 3. The molecule has 2 rings (SSSR count). The second kappa shape index (κ2) is 5.70. The first-order chi connectivity index (χ1) is 9.42. The van der Waals surface area contributed by atoms with Crippen molar-refractivity contribution < 1.29 is 13.5 Å². The van der Waals surface area contributed by atoms with E-state index in [9.17, 15) is 13.5 Å². The van der Waals surface area contributed by atoms with E-state index in [1.54, 1.807) is 13.1 Å². The number of nitrogens with one attached hydrogen (secondary N) is 1. The van der Waals surface area contributed by atoms with E-state index < -0.39 is 10.0 Å². The maximum Gasteiger partial charge on any atom is 0.240 e. The van der Waals surface area contributed by atoms with Crippen LogP contribution in [0.3, 0.4) is 0 Å².